The summed E-state index contributed by atoms with van der Waals surface area (Å²) in [5.41, 5.74) is 1.25. The van der Waals surface area contributed by atoms with Crippen molar-refractivity contribution in [1.29, 1.82) is 0 Å². The zero-order valence-corrected chi connectivity index (χ0v) is 11.0. The first-order valence-corrected chi connectivity index (χ1v) is 6.58. The highest BCUT2D eigenvalue weighted by molar-refractivity contribution is 5.52. The van der Waals surface area contributed by atoms with E-state index < -0.39 is 0 Å². The van der Waals surface area contributed by atoms with Crippen LogP contribution in [0, 0.1) is 11.8 Å². The molecule has 0 aliphatic heterocycles. The van der Waals surface area contributed by atoms with Crippen LogP contribution in [0.1, 0.15) is 32.3 Å². The average Bonchev–Trinajstić information content (AvgIpc) is 3.04. The highest BCUT2D eigenvalue weighted by atomic mass is 16.5. The van der Waals surface area contributed by atoms with Gasteiger partial charge >= 0.3 is 0 Å². The van der Waals surface area contributed by atoms with Crippen molar-refractivity contribution in [3.05, 3.63) is 42.0 Å². The Hall–Kier alpha value is -1.08. The lowest BCUT2D eigenvalue weighted by Crippen LogP contribution is -2.13. The Morgan fingerprint density at radius 2 is 1.71 bits per heavy atom. The van der Waals surface area contributed by atoms with Gasteiger partial charge in [0.25, 0.3) is 0 Å². The topological polar surface area (TPSA) is 9.23 Å². The molecule has 1 aliphatic rings. The van der Waals surface area contributed by atoms with Gasteiger partial charge in [0, 0.05) is 7.11 Å². The van der Waals surface area contributed by atoms with Gasteiger partial charge in [-0.05, 0) is 30.2 Å². The Bertz CT molecular complexity index is 370. The van der Waals surface area contributed by atoms with E-state index in [0.717, 1.165) is 0 Å². The summed E-state index contributed by atoms with van der Waals surface area (Å²) in [7, 11) is 1.84. The van der Waals surface area contributed by atoms with E-state index in [0.29, 0.717) is 11.8 Å². The normalized spacial score (nSPS) is 31.9. The molecule has 0 heterocycles. The van der Waals surface area contributed by atoms with Crippen LogP contribution in [0.5, 0.6) is 0 Å². The van der Waals surface area contributed by atoms with E-state index in [4.69, 9.17) is 4.74 Å². The van der Waals surface area contributed by atoms with Crippen molar-refractivity contribution in [2.45, 2.75) is 32.3 Å². The van der Waals surface area contributed by atoms with E-state index in [1.165, 1.54) is 18.4 Å². The molecule has 0 saturated heterocycles. The molecule has 0 amide bonds. The lowest BCUT2D eigenvalue weighted by atomic mass is 10.1. The van der Waals surface area contributed by atoms with E-state index >= 15 is 0 Å². The van der Waals surface area contributed by atoms with Crippen molar-refractivity contribution < 1.29 is 4.74 Å². The summed E-state index contributed by atoms with van der Waals surface area (Å²) in [6.07, 6.45) is 6.86. The molecule has 1 fully saturated rings. The lowest BCUT2D eigenvalue weighted by Gasteiger charge is -2.11. The van der Waals surface area contributed by atoms with Crippen LogP contribution in [0.4, 0.5) is 0 Å². The molecule has 1 aromatic carbocycles. The predicted octanol–water partition coefficient (Wildman–Crippen LogP) is 4.15. The molecular formula is C16H22O. The van der Waals surface area contributed by atoms with Crippen molar-refractivity contribution in [2.24, 2.45) is 11.8 Å². The Morgan fingerprint density at radius 1 is 1.12 bits per heavy atom. The van der Waals surface area contributed by atoms with Crippen molar-refractivity contribution in [1.82, 2.24) is 0 Å². The monoisotopic (exact) mass is 230 g/mol. The maximum absolute atomic E-state index is 5.79. The molecule has 1 aromatic rings. The molecule has 0 radical (unpaired) electrons. The quantitative estimate of drug-likeness (QED) is 0.738. The van der Waals surface area contributed by atoms with Crippen molar-refractivity contribution >= 4 is 6.08 Å². The largest absolute Gasteiger partial charge is 0.374 e. The van der Waals surface area contributed by atoms with Gasteiger partial charge in [0.05, 0.1) is 5.60 Å². The third-order valence-corrected chi connectivity index (χ3v) is 4.10. The van der Waals surface area contributed by atoms with Gasteiger partial charge in [0.1, 0.15) is 0 Å². The second-order valence-corrected chi connectivity index (χ2v) is 4.83. The molecule has 2 rings (SSSR count). The lowest BCUT2D eigenvalue weighted by molar-refractivity contribution is 0.0952. The summed E-state index contributed by atoms with van der Waals surface area (Å²) in [5.74, 6) is 1.38. The van der Waals surface area contributed by atoms with Crippen LogP contribution >= 0.6 is 0 Å². The summed E-state index contributed by atoms with van der Waals surface area (Å²) < 4.78 is 5.79. The third-order valence-electron chi connectivity index (χ3n) is 4.10. The maximum Gasteiger partial charge on any atom is 0.0925 e. The molecule has 1 saturated carbocycles. The Kier molecular flexibility index (Phi) is 3.68. The number of benzene rings is 1. The molecule has 1 aliphatic carbocycles. The summed E-state index contributed by atoms with van der Waals surface area (Å²) in [6.45, 7) is 4.51. The summed E-state index contributed by atoms with van der Waals surface area (Å²) >= 11 is 0. The second-order valence-electron chi connectivity index (χ2n) is 4.83. The molecule has 0 N–H and O–H groups in total. The molecule has 0 spiro atoms. The molecule has 0 unspecified atom stereocenters. The minimum Gasteiger partial charge on any atom is -0.374 e. The van der Waals surface area contributed by atoms with Gasteiger partial charge in [-0.25, -0.2) is 0 Å². The molecule has 1 nitrogen and oxygen atoms in total. The number of rotatable bonds is 5. The maximum atomic E-state index is 5.79. The van der Waals surface area contributed by atoms with Crippen LogP contribution in [-0.2, 0) is 4.74 Å². The van der Waals surface area contributed by atoms with Gasteiger partial charge in [-0.3, -0.25) is 0 Å². The van der Waals surface area contributed by atoms with Crippen LogP contribution in [-0.4, -0.2) is 12.7 Å². The number of hydrogen-bond acceptors (Lipinski definition) is 1. The summed E-state index contributed by atoms with van der Waals surface area (Å²) in [4.78, 5) is 0. The molecule has 17 heavy (non-hydrogen) atoms. The first kappa shape index (κ1) is 12.4. The fourth-order valence-corrected chi connectivity index (χ4v) is 3.15. The van der Waals surface area contributed by atoms with E-state index in [9.17, 15) is 0 Å². The first-order valence-electron chi connectivity index (χ1n) is 6.58. The first-order chi connectivity index (χ1) is 8.28. The number of ether oxygens (including phenoxy) is 1. The fourth-order valence-electron chi connectivity index (χ4n) is 3.15. The second kappa shape index (κ2) is 5.05. The van der Waals surface area contributed by atoms with E-state index in [-0.39, 0.29) is 5.60 Å². The SMILES string of the molecule is CC[C@@H]1[C@@H](CC)C1(/C=C/c1ccccc1)OC. The van der Waals surface area contributed by atoms with Gasteiger partial charge < -0.3 is 4.74 Å². The van der Waals surface area contributed by atoms with Gasteiger partial charge in [-0.1, -0.05) is 56.3 Å². The molecule has 1 heteroatoms. The van der Waals surface area contributed by atoms with E-state index in [1.807, 2.05) is 13.2 Å². The zero-order valence-electron chi connectivity index (χ0n) is 11.0. The van der Waals surface area contributed by atoms with Gasteiger partial charge in [-0.15, -0.1) is 0 Å². The molecule has 2 atom stereocenters. The van der Waals surface area contributed by atoms with E-state index in [2.05, 4.69) is 50.3 Å². The zero-order chi connectivity index (χ0) is 12.3. The Labute approximate surface area is 104 Å². The number of hydrogen-bond donors (Lipinski definition) is 0. The minimum absolute atomic E-state index is 0.000653. The van der Waals surface area contributed by atoms with Crippen LogP contribution in [0.2, 0.25) is 0 Å². The van der Waals surface area contributed by atoms with Crippen LogP contribution in [0.25, 0.3) is 6.08 Å². The smallest absolute Gasteiger partial charge is 0.0925 e. The third kappa shape index (κ3) is 2.16. The summed E-state index contributed by atoms with van der Waals surface area (Å²) in [6, 6.07) is 10.4. The number of methoxy groups -OCH3 is 1. The van der Waals surface area contributed by atoms with E-state index in [1.54, 1.807) is 0 Å². The highest BCUT2D eigenvalue weighted by Gasteiger charge is 2.61. The van der Waals surface area contributed by atoms with Crippen LogP contribution in [0.3, 0.4) is 0 Å². The standard InChI is InChI=1S/C16H22O/c1-4-14-15(5-2)16(14,17-3)12-11-13-9-7-6-8-10-13/h6-12,14-15H,4-5H2,1-3H3/b12-11+/t14-,15-/m1/s1. The predicted molar refractivity (Wildman–Crippen MR) is 72.8 cm³/mol. The minimum atomic E-state index is -0.000653. The van der Waals surface area contributed by atoms with Gasteiger partial charge in [0.15, 0.2) is 0 Å². The molecule has 92 valence electrons. The molecular weight excluding hydrogens is 208 g/mol. The molecule has 0 aromatic heterocycles. The summed E-state index contributed by atoms with van der Waals surface area (Å²) in [5, 5.41) is 0. The van der Waals surface area contributed by atoms with Crippen LogP contribution < -0.4 is 0 Å². The average molecular weight is 230 g/mol. The van der Waals surface area contributed by atoms with Gasteiger partial charge in [0.2, 0.25) is 0 Å². The molecule has 0 bridgehead atoms. The van der Waals surface area contributed by atoms with Crippen molar-refractivity contribution in [3.8, 4) is 0 Å². The Balaban J connectivity index is 2.14. The van der Waals surface area contributed by atoms with Crippen LogP contribution in [0.15, 0.2) is 36.4 Å². The highest BCUT2D eigenvalue weighted by Crippen LogP contribution is 2.57. The van der Waals surface area contributed by atoms with Gasteiger partial charge in [-0.2, -0.15) is 0 Å². The fraction of sp³-hybridized carbons (Fsp3) is 0.500. The van der Waals surface area contributed by atoms with Crippen molar-refractivity contribution in [2.75, 3.05) is 7.11 Å². The Morgan fingerprint density at radius 3 is 2.18 bits per heavy atom. The van der Waals surface area contributed by atoms with Crippen molar-refractivity contribution in [3.63, 3.8) is 0 Å².